The summed E-state index contributed by atoms with van der Waals surface area (Å²) in [5.74, 6) is -0.143. The first-order valence-corrected chi connectivity index (χ1v) is 10.6. The molecule has 0 aromatic heterocycles. The van der Waals surface area contributed by atoms with E-state index in [1.807, 2.05) is 0 Å². The molecule has 32 heavy (non-hydrogen) atoms. The normalized spacial score (nSPS) is 20.6. The summed E-state index contributed by atoms with van der Waals surface area (Å²) in [4.78, 5) is 18.3. The number of ether oxygens (including phenoxy) is 2. The predicted octanol–water partition coefficient (Wildman–Crippen LogP) is 3.26. The molecule has 2 atom stereocenters. The van der Waals surface area contributed by atoms with Gasteiger partial charge in [-0.25, -0.2) is 18.2 Å². The highest BCUT2D eigenvalue weighted by Crippen LogP contribution is 2.28. The monoisotopic (exact) mass is 454 g/mol. The summed E-state index contributed by atoms with van der Waals surface area (Å²) in [6.45, 7) is 4.50. The first-order valence-electron chi connectivity index (χ1n) is 10.6. The lowest BCUT2D eigenvalue weighted by atomic mass is 10.0. The maximum absolute atomic E-state index is 14.6. The lowest BCUT2D eigenvalue weighted by Gasteiger charge is -2.36. The number of aliphatic imine (C=N–C) groups is 1. The van der Waals surface area contributed by atoms with Crippen molar-refractivity contribution in [2.45, 2.75) is 51.4 Å². The van der Waals surface area contributed by atoms with E-state index in [1.54, 1.807) is 25.8 Å². The number of rotatable bonds is 8. The van der Waals surface area contributed by atoms with Gasteiger partial charge in [0.2, 0.25) is 0 Å². The molecule has 1 saturated heterocycles. The molecule has 1 aromatic carbocycles. The molecule has 2 aliphatic rings. The first kappa shape index (κ1) is 24.1. The molecule has 1 aromatic rings. The van der Waals surface area contributed by atoms with E-state index in [2.05, 4.69) is 15.6 Å². The lowest BCUT2D eigenvalue weighted by Crippen LogP contribution is -2.50. The van der Waals surface area contributed by atoms with Crippen molar-refractivity contribution in [3.8, 4) is 0 Å². The molecule has 1 fully saturated rings. The molecule has 176 valence electrons. The lowest BCUT2D eigenvalue weighted by molar-refractivity contribution is -0.126. The van der Waals surface area contributed by atoms with Gasteiger partial charge in [0.25, 0.3) is 12.3 Å². The van der Waals surface area contributed by atoms with Gasteiger partial charge >= 0.3 is 0 Å². The maximum Gasteiger partial charge on any atom is 0.266 e. The Balaban J connectivity index is 1.67. The number of halogens is 3. The van der Waals surface area contributed by atoms with E-state index < -0.39 is 30.0 Å². The number of nitrogens with zero attached hydrogens (tertiary/aromatic N) is 2. The van der Waals surface area contributed by atoms with Crippen LogP contribution in [0.4, 0.5) is 13.2 Å². The summed E-state index contributed by atoms with van der Waals surface area (Å²) in [5.41, 5.74) is -0.518. The van der Waals surface area contributed by atoms with Crippen LogP contribution in [0.15, 0.2) is 35.2 Å². The Morgan fingerprint density at radius 2 is 2.00 bits per heavy atom. The van der Waals surface area contributed by atoms with Crippen LogP contribution in [-0.4, -0.2) is 55.7 Å². The van der Waals surface area contributed by atoms with Crippen molar-refractivity contribution in [1.29, 1.82) is 0 Å². The number of nitrogens with one attached hydrogen (secondary N) is 2. The molecule has 2 N–H and O–H groups in total. The van der Waals surface area contributed by atoms with E-state index in [4.69, 9.17) is 9.47 Å². The molecule has 1 amide bonds. The molecular weight excluding hydrogens is 425 g/mol. The number of hydrogen-bond acceptors (Lipinski definition) is 6. The van der Waals surface area contributed by atoms with E-state index in [9.17, 15) is 18.0 Å². The number of alkyl halides is 2. The number of amides is 1. The second-order valence-electron chi connectivity index (χ2n) is 7.90. The molecule has 0 radical (unpaired) electrons. The van der Waals surface area contributed by atoms with Gasteiger partial charge in [0.05, 0.1) is 11.8 Å². The summed E-state index contributed by atoms with van der Waals surface area (Å²) in [6, 6.07) is 3.39. The topological polar surface area (TPSA) is 75.2 Å². The van der Waals surface area contributed by atoms with Crippen LogP contribution in [0.3, 0.4) is 0 Å². The summed E-state index contributed by atoms with van der Waals surface area (Å²) in [5, 5.41) is 6.12. The van der Waals surface area contributed by atoms with Crippen LogP contribution >= 0.6 is 0 Å². The van der Waals surface area contributed by atoms with Crippen molar-refractivity contribution in [2.24, 2.45) is 4.99 Å². The summed E-state index contributed by atoms with van der Waals surface area (Å²) in [6.07, 6.45) is -0.445. The molecule has 3 rings (SSSR count). The van der Waals surface area contributed by atoms with E-state index in [-0.39, 0.29) is 24.1 Å². The number of hydrogen-bond donors (Lipinski definition) is 2. The van der Waals surface area contributed by atoms with Gasteiger partial charge in [0, 0.05) is 37.9 Å². The van der Waals surface area contributed by atoms with Crippen LogP contribution < -0.4 is 10.6 Å². The summed E-state index contributed by atoms with van der Waals surface area (Å²) >= 11 is 0. The van der Waals surface area contributed by atoms with Crippen molar-refractivity contribution in [1.82, 2.24) is 15.5 Å². The second kappa shape index (κ2) is 10.8. The van der Waals surface area contributed by atoms with Crippen LogP contribution in [0.1, 0.15) is 50.3 Å². The Hall–Kier alpha value is -2.59. The van der Waals surface area contributed by atoms with Crippen molar-refractivity contribution >= 4 is 11.7 Å². The highest BCUT2D eigenvalue weighted by Gasteiger charge is 2.29. The fraction of sp³-hybridized carbons (Fsp3) is 0.545. The van der Waals surface area contributed by atoms with Crippen LogP contribution in [0.25, 0.3) is 0 Å². The molecule has 0 bridgehead atoms. The van der Waals surface area contributed by atoms with Crippen molar-refractivity contribution < 1.29 is 27.4 Å². The molecule has 0 saturated carbocycles. The van der Waals surface area contributed by atoms with Gasteiger partial charge in [-0.05, 0) is 26.7 Å². The van der Waals surface area contributed by atoms with Crippen LogP contribution in [0.5, 0.6) is 0 Å². The molecule has 0 aliphatic carbocycles. The van der Waals surface area contributed by atoms with Crippen LogP contribution in [0.2, 0.25) is 0 Å². The largest absolute Gasteiger partial charge is 0.483 e. The van der Waals surface area contributed by atoms with Gasteiger partial charge in [-0.3, -0.25) is 10.1 Å². The van der Waals surface area contributed by atoms with Crippen LogP contribution in [0, 0.1) is 5.82 Å². The highest BCUT2D eigenvalue weighted by atomic mass is 19.3. The minimum absolute atomic E-state index is 0.0576. The SMILES string of the molecule is CC1=NC=C(OCC(=O)NC2CCOCC2)C(N[C@H](C)c2cccc(C(F)F)c2F)N1C. The first-order chi connectivity index (χ1) is 15.3. The molecule has 0 spiro atoms. The number of likely N-dealkylation sites (N-methyl/N-ethyl adjacent to an activating group) is 1. The zero-order valence-electron chi connectivity index (χ0n) is 18.4. The Bertz CT molecular complexity index is 872. The summed E-state index contributed by atoms with van der Waals surface area (Å²) < 4.78 is 51.8. The number of carbonyl (C=O) groups excluding carboxylic acids is 1. The molecule has 10 heteroatoms. The van der Waals surface area contributed by atoms with E-state index in [0.29, 0.717) is 24.8 Å². The fourth-order valence-electron chi connectivity index (χ4n) is 3.66. The number of benzene rings is 1. The molecule has 7 nitrogen and oxygen atoms in total. The fourth-order valence-corrected chi connectivity index (χ4v) is 3.66. The van der Waals surface area contributed by atoms with Crippen molar-refractivity contribution in [3.63, 3.8) is 0 Å². The number of carbonyl (C=O) groups is 1. The Morgan fingerprint density at radius 1 is 1.31 bits per heavy atom. The smallest absolute Gasteiger partial charge is 0.266 e. The molecule has 2 aliphatic heterocycles. The third-order valence-electron chi connectivity index (χ3n) is 5.67. The van der Waals surface area contributed by atoms with Crippen molar-refractivity contribution in [3.05, 3.63) is 47.1 Å². The predicted molar refractivity (Wildman–Crippen MR) is 114 cm³/mol. The van der Waals surface area contributed by atoms with Gasteiger partial charge in [-0.15, -0.1) is 0 Å². The zero-order chi connectivity index (χ0) is 23.3. The van der Waals surface area contributed by atoms with Crippen molar-refractivity contribution in [2.75, 3.05) is 26.9 Å². The third-order valence-corrected chi connectivity index (χ3v) is 5.67. The summed E-state index contributed by atoms with van der Waals surface area (Å²) in [7, 11) is 1.77. The average molecular weight is 454 g/mol. The van der Waals surface area contributed by atoms with E-state index in [1.165, 1.54) is 18.3 Å². The average Bonchev–Trinajstić information content (AvgIpc) is 2.77. The van der Waals surface area contributed by atoms with Crippen LogP contribution in [-0.2, 0) is 14.3 Å². The third kappa shape index (κ3) is 5.80. The Labute approximate surface area is 185 Å². The van der Waals surface area contributed by atoms with E-state index >= 15 is 0 Å². The zero-order valence-corrected chi connectivity index (χ0v) is 18.4. The van der Waals surface area contributed by atoms with Gasteiger partial charge in [0.15, 0.2) is 12.4 Å². The minimum Gasteiger partial charge on any atom is -0.483 e. The van der Waals surface area contributed by atoms with Gasteiger partial charge in [-0.1, -0.05) is 18.2 Å². The highest BCUT2D eigenvalue weighted by molar-refractivity contribution is 5.81. The molecule has 2 heterocycles. The van der Waals surface area contributed by atoms with Gasteiger partial charge in [0.1, 0.15) is 17.8 Å². The van der Waals surface area contributed by atoms with E-state index in [0.717, 1.165) is 18.9 Å². The quantitative estimate of drug-likeness (QED) is 0.631. The minimum atomic E-state index is -2.90. The molecular formula is C22H29F3N4O3. The Morgan fingerprint density at radius 3 is 2.69 bits per heavy atom. The second-order valence-corrected chi connectivity index (χ2v) is 7.90. The maximum atomic E-state index is 14.6. The standard InChI is InChI=1S/C22H29F3N4O3/c1-13(16-5-4-6-17(20(16)23)21(24)25)27-22-18(11-26-14(2)29(22)3)32-12-19(30)28-15-7-9-31-10-8-15/h4-6,11,13,15,21-22,27H,7-10,12H2,1-3H3,(H,28,30)/t13-,22?/m1/s1. The van der Waals surface area contributed by atoms with Gasteiger partial charge < -0.3 is 19.7 Å². The molecule has 1 unspecified atom stereocenters. The number of amidine groups is 1. The van der Waals surface area contributed by atoms with Gasteiger partial charge in [-0.2, -0.15) is 0 Å². The Kier molecular flexibility index (Phi) is 8.14.